The topological polar surface area (TPSA) is 61.6 Å². The largest absolute Gasteiger partial charge is 0.459 e. The third-order valence-electron chi connectivity index (χ3n) is 2.68. The van der Waals surface area contributed by atoms with Crippen molar-refractivity contribution in [2.75, 3.05) is 18.9 Å². The minimum Gasteiger partial charge on any atom is -0.459 e. The zero-order valence-corrected chi connectivity index (χ0v) is 10.9. The molecular weight excluding hydrogens is 286 g/mol. The molecule has 0 aliphatic carbocycles. The van der Waals surface area contributed by atoms with E-state index in [0.29, 0.717) is 24.5 Å². The molecule has 0 atom stereocenters. The fraction of sp³-hybridized carbons (Fsp3) is 0.417. The average molecular weight is 300 g/mol. The molecule has 1 aliphatic rings. The van der Waals surface area contributed by atoms with Gasteiger partial charge in [0.05, 0.1) is 18.8 Å². The van der Waals surface area contributed by atoms with E-state index in [-0.39, 0.29) is 12.1 Å². The van der Waals surface area contributed by atoms with Gasteiger partial charge in [0.1, 0.15) is 6.10 Å². The molecular formula is C12H14BrNO3. The lowest BCUT2D eigenvalue weighted by Crippen LogP contribution is -2.26. The number of carbonyl (C=O) groups excluding carboxylic acids is 1. The Balaban J connectivity index is 2.05. The summed E-state index contributed by atoms with van der Waals surface area (Å²) in [5.41, 5.74) is 6.59. The summed E-state index contributed by atoms with van der Waals surface area (Å²) < 4.78 is 11.4. The molecule has 0 spiro atoms. The van der Waals surface area contributed by atoms with E-state index in [9.17, 15) is 4.79 Å². The quantitative estimate of drug-likeness (QED) is 0.673. The van der Waals surface area contributed by atoms with Crippen molar-refractivity contribution in [3.63, 3.8) is 0 Å². The maximum absolute atomic E-state index is 11.9. The molecule has 0 bridgehead atoms. The molecule has 1 aromatic carbocycles. The highest BCUT2D eigenvalue weighted by molar-refractivity contribution is 9.10. The molecule has 0 aromatic heterocycles. The molecule has 0 radical (unpaired) electrons. The maximum atomic E-state index is 11.9. The lowest BCUT2D eigenvalue weighted by Gasteiger charge is -2.22. The molecule has 2 N–H and O–H groups in total. The minimum atomic E-state index is -0.365. The number of benzene rings is 1. The van der Waals surface area contributed by atoms with Gasteiger partial charge in [0.25, 0.3) is 0 Å². The van der Waals surface area contributed by atoms with Crippen LogP contribution in [0.3, 0.4) is 0 Å². The van der Waals surface area contributed by atoms with E-state index >= 15 is 0 Å². The minimum absolute atomic E-state index is 0.0605. The number of ether oxygens (including phenoxy) is 2. The summed E-state index contributed by atoms with van der Waals surface area (Å²) in [6, 6.07) is 5.15. The van der Waals surface area contributed by atoms with Gasteiger partial charge in [-0.3, -0.25) is 0 Å². The van der Waals surface area contributed by atoms with Crippen molar-refractivity contribution in [2.45, 2.75) is 18.9 Å². The predicted octanol–water partition coefficient (Wildman–Crippen LogP) is 2.37. The van der Waals surface area contributed by atoms with Crippen molar-refractivity contribution in [2.24, 2.45) is 0 Å². The van der Waals surface area contributed by atoms with Gasteiger partial charge in [-0.05, 0) is 18.2 Å². The average Bonchev–Trinajstić information content (AvgIpc) is 2.33. The van der Waals surface area contributed by atoms with E-state index in [1.807, 2.05) is 0 Å². The Morgan fingerprint density at radius 3 is 2.82 bits per heavy atom. The van der Waals surface area contributed by atoms with Crippen molar-refractivity contribution in [1.82, 2.24) is 0 Å². The van der Waals surface area contributed by atoms with Crippen LogP contribution in [0, 0.1) is 0 Å². The van der Waals surface area contributed by atoms with E-state index in [0.717, 1.165) is 17.3 Å². The zero-order chi connectivity index (χ0) is 12.3. The first-order valence-electron chi connectivity index (χ1n) is 5.50. The summed E-state index contributed by atoms with van der Waals surface area (Å²) in [6.45, 7) is 1.29. The van der Waals surface area contributed by atoms with Crippen LogP contribution in [0.25, 0.3) is 0 Å². The Morgan fingerprint density at radius 1 is 1.41 bits per heavy atom. The number of esters is 1. The van der Waals surface area contributed by atoms with Crippen molar-refractivity contribution in [1.29, 1.82) is 0 Å². The molecule has 1 fully saturated rings. The van der Waals surface area contributed by atoms with Crippen LogP contribution >= 0.6 is 15.9 Å². The Labute approximate surface area is 108 Å². The summed E-state index contributed by atoms with van der Waals surface area (Å²) in [5, 5.41) is 0. The molecule has 0 unspecified atom stereocenters. The molecule has 17 heavy (non-hydrogen) atoms. The Morgan fingerprint density at radius 2 is 2.12 bits per heavy atom. The first kappa shape index (κ1) is 12.4. The van der Waals surface area contributed by atoms with E-state index in [1.165, 1.54) is 0 Å². The summed E-state index contributed by atoms with van der Waals surface area (Å²) in [6.07, 6.45) is 1.44. The molecule has 1 heterocycles. The number of carbonyl (C=O) groups is 1. The van der Waals surface area contributed by atoms with Crippen LogP contribution in [0.5, 0.6) is 0 Å². The van der Waals surface area contributed by atoms with Crippen LogP contribution in [-0.2, 0) is 9.47 Å². The monoisotopic (exact) mass is 299 g/mol. The second kappa shape index (κ2) is 5.51. The van der Waals surface area contributed by atoms with Crippen molar-refractivity contribution >= 4 is 27.6 Å². The van der Waals surface area contributed by atoms with Gasteiger partial charge in [-0.15, -0.1) is 0 Å². The number of rotatable bonds is 2. The van der Waals surface area contributed by atoms with Crippen molar-refractivity contribution in [3.05, 3.63) is 28.2 Å². The molecule has 5 heteroatoms. The fourth-order valence-electron chi connectivity index (χ4n) is 1.71. The summed E-state index contributed by atoms with van der Waals surface area (Å²) >= 11 is 3.31. The van der Waals surface area contributed by atoms with Gasteiger partial charge in [-0.25, -0.2) is 4.79 Å². The molecule has 0 amide bonds. The number of anilines is 1. The lowest BCUT2D eigenvalue weighted by molar-refractivity contribution is -0.0158. The zero-order valence-electron chi connectivity index (χ0n) is 9.32. The molecule has 92 valence electrons. The van der Waals surface area contributed by atoms with Crippen LogP contribution in [0.1, 0.15) is 23.2 Å². The first-order chi connectivity index (χ1) is 8.16. The SMILES string of the molecule is Nc1ccc(Br)cc1C(=O)OC1CCOCC1. The number of hydrogen-bond acceptors (Lipinski definition) is 4. The third-order valence-corrected chi connectivity index (χ3v) is 3.17. The number of halogens is 1. The fourth-order valence-corrected chi connectivity index (χ4v) is 2.08. The second-order valence-electron chi connectivity index (χ2n) is 3.95. The summed E-state index contributed by atoms with van der Waals surface area (Å²) in [4.78, 5) is 11.9. The van der Waals surface area contributed by atoms with Gasteiger partial charge in [-0.2, -0.15) is 0 Å². The normalized spacial score (nSPS) is 16.8. The van der Waals surface area contributed by atoms with E-state index in [2.05, 4.69) is 15.9 Å². The second-order valence-corrected chi connectivity index (χ2v) is 4.86. The molecule has 1 aromatic rings. The highest BCUT2D eigenvalue weighted by atomic mass is 79.9. The van der Waals surface area contributed by atoms with Gasteiger partial charge in [0.15, 0.2) is 0 Å². The Hall–Kier alpha value is -1.07. The summed E-state index contributed by atoms with van der Waals surface area (Å²) in [7, 11) is 0. The Bertz CT molecular complexity index is 416. The van der Waals surface area contributed by atoms with E-state index in [4.69, 9.17) is 15.2 Å². The standard InChI is InChI=1S/C12H14BrNO3/c13-8-1-2-11(14)10(7-8)12(15)17-9-3-5-16-6-4-9/h1-2,7,9H,3-6,14H2. The molecule has 0 saturated carbocycles. The van der Waals surface area contributed by atoms with Gasteiger partial charge < -0.3 is 15.2 Å². The molecule has 4 nitrogen and oxygen atoms in total. The Kier molecular flexibility index (Phi) is 4.02. The van der Waals surface area contributed by atoms with Gasteiger partial charge >= 0.3 is 5.97 Å². The summed E-state index contributed by atoms with van der Waals surface area (Å²) in [5.74, 6) is -0.365. The smallest absolute Gasteiger partial charge is 0.340 e. The number of nitrogens with two attached hydrogens (primary N) is 1. The van der Waals surface area contributed by atoms with Crippen LogP contribution in [0.2, 0.25) is 0 Å². The number of nitrogen functional groups attached to an aromatic ring is 1. The highest BCUT2D eigenvalue weighted by Crippen LogP contribution is 2.21. The number of hydrogen-bond donors (Lipinski definition) is 1. The van der Waals surface area contributed by atoms with Crippen molar-refractivity contribution in [3.8, 4) is 0 Å². The van der Waals surface area contributed by atoms with Crippen LogP contribution in [0.15, 0.2) is 22.7 Å². The maximum Gasteiger partial charge on any atom is 0.340 e. The van der Waals surface area contributed by atoms with Crippen LogP contribution < -0.4 is 5.73 Å². The van der Waals surface area contributed by atoms with E-state index < -0.39 is 0 Å². The third kappa shape index (κ3) is 3.20. The van der Waals surface area contributed by atoms with Gasteiger partial charge in [-0.1, -0.05) is 15.9 Å². The predicted molar refractivity (Wildman–Crippen MR) is 67.8 cm³/mol. The van der Waals surface area contributed by atoms with Gasteiger partial charge in [0, 0.05) is 23.0 Å². The molecule has 1 saturated heterocycles. The van der Waals surface area contributed by atoms with Gasteiger partial charge in [0.2, 0.25) is 0 Å². The van der Waals surface area contributed by atoms with Crippen LogP contribution in [0.4, 0.5) is 5.69 Å². The molecule has 2 rings (SSSR count). The van der Waals surface area contributed by atoms with Crippen LogP contribution in [-0.4, -0.2) is 25.3 Å². The lowest BCUT2D eigenvalue weighted by atomic mass is 10.1. The highest BCUT2D eigenvalue weighted by Gasteiger charge is 2.20. The van der Waals surface area contributed by atoms with E-state index in [1.54, 1.807) is 18.2 Å². The molecule has 1 aliphatic heterocycles. The first-order valence-corrected chi connectivity index (χ1v) is 6.30. The van der Waals surface area contributed by atoms with Crippen molar-refractivity contribution < 1.29 is 14.3 Å².